The summed E-state index contributed by atoms with van der Waals surface area (Å²) in [6.07, 6.45) is -2.54. The fraction of sp³-hybridized carbons (Fsp3) is 0.250. The van der Waals surface area contributed by atoms with Gasteiger partial charge in [0.1, 0.15) is 15.5 Å². The average molecular weight is 294 g/mol. The van der Waals surface area contributed by atoms with Gasteiger partial charge in [-0.15, -0.1) is 0 Å². The van der Waals surface area contributed by atoms with Gasteiger partial charge in [0.15, 0.2) is 0 Å². The number of aryl methyl sites for hydroxylation is 1. The molecule has 0 unspecified atom stereocenters. The van der Waals surface area contributed by atoms with Gasteiger partial charge in [0.2, 0.25) is 0 Å². The highest BCUT2D eigenvalue weighted by atomic mass is 127. The molecule has 0 bridgehead atoms. The van der Waals surface area contributed by atoms with Crippen LogP contribution in [0.3, 0.4) is 0 Å². The van der Waals surface area contributed by atoms with Gasteiger partial charge in [0, 0.05) is 0 Å². The molecular weight excluding hydrogens is 289 g/mol. The minimum absolute atomic E-state index is 0.0837. The molecule has 0 atom stereocenters. The molecular formula is C8H5F2IN2. The van der Waals surface area contributed by atoms with Crippen molar-refractivity contribution in [2.45, 2.75) is 13.3 Å². The van der Waals surface area contributed by atoms with E-state index < -0.39 is 6.43 Å². The zero-order valence-electron chi connectivity index (χ0n) is 6.68. The van der Waals surface area contributed by atoms with Crippen LogP contribution in [0.1, 0.15) is 23.2 Å². The number of hydrogen-bond acceptors (Lipinski definition) is 2. The highest BCUT2D eigenvalue weighted by Gasteiger charge is 2.16. The Kier molecular flexibility index (Phi) is 3.14. The van der Waals surface area contributed by atoms with E-state index in [0.29, 0.717) is 5.56 Å². The van der Waals surface area contributed by atoms with Gasteiger partial charge in [-0.05, 0) is 41.1 Å². The minimum atomic E-state index is -2.54. The Morgan fingerprint density at radius 2 is 2.23 bits per heavy atom. The third kappa shape index (κ3) is 2.12. The summed E-state index contributed by atoms with van der Waals surface area (Å²) in [5.41, 5.74) is 0.497. The fourth-order valence-electron chi connectivity index (χ4n) is 0.963. The van der Waals surface area contributed by atoms with Crippen molar-refractivity contribution < 1.29 is 8.78 Å². The largest absolute Gasteiger partial charge is 0.266 e. The van der Waals surface area contributed by atoms with Crippen LogP contribution in [-0.2, 0) is 0 Å². The number of halogens is 3. The maximum Gasteiger partial charge on any atom is 0.266 e. The van der Waals surface area contributed by atoms with Crippen molar-refractivity contribution in [1.82, 2.24) is 4.98 Å². The summed E-state index contributed by atoms with van der Waals surface area (Å²) in [5.74, 6) is 0. The van der Waals surface area contributed by atoms with Crippen LogP contribution in [0.4, 0.5) is 8.78 Å². The Morgan fingerprint density at radius 3 is 2.62 bits per heavy atom. The SMILES string of the molecule is Cc1cc(C#N)nc(I)c1C(F)F. The second-order valence-electron chi connectivity index (χ2n) is 2.44. The zero-order valence-corrected chi connectivity index (χ0v) is 8.84. The normalized spacial score (nSPS) is 10.2. The van der Waals surface area contributed by atoms with E-state index in [9.17, 15) is 8.78 Å². The van der Waals surface area contributed by atoms with Gasteiger partial charge >= 0.3 is 0 Å². The van der Waals surface area contributed by atoms with Gasteiger partial charge in [0.05, 0.1) is 5.56 Å². The van der Waals surface area contributed by atoms with E-state index in [-0.39, 0.29) is 15.0 Å². The molecule has 0 aliphatic heterocycles. The lowest BCUT2D eigenvalue weighted by Gasteiger charge is -2.06. The Balaban J connectivity index is 3.33. The molecule has 5 heteroatoms. The number of aromatic nitrogens is 1. The van der Waals surface area contributed by atoms with Crippen LogP contribution < -0.4 is 0 Å². The first-order valence-electron chi connectivity index (χ1n) is 3.41. The molecule has 0 amide bonds. The second kappa shape index (κ2) is 3.96. The van der Waals surface area contributed by atoms with Crippen molar-refractivity contribution in [3.05, 3.63) is 26.6 Å². The van der Waals surface area contributed by atoms with Crippen molar-refractivity contribution in [3.63, 3.8) is 0 Å². The molecule has 0 fully saturated rings. The van der Waals surface area contributed by atoms with E-state index in [2.05, 4.69) is 4.98 Å². The van der Waals surface area contributed by atoms with E-state index >= 15 is 0 Å². The van der Waals surface area contributed by atoms with Crippen LogP contribution in [0.25, 0.3) is 0 Å². The third-order valence-corrected chi connectivity index (χ3v) is 2.37. The van der Waals surface area contributed by atoms with Crippen LogP contribution in [0.2, 0.25) is 0 Å². The van der Waals surface area contributed by atoms with Crippen LogP contribution in [0, 0.1) is 22.0 Å². The van der Waals surface area contributed by atoms with Crippen molar-refractivity contribution in [2.75, 3.05) is 0 Å². The molecule has 0 aliphatic rings. The summed E-state index contributed by atoms with van der Waals surface area (Å²) >= 11 is 1.71. The fourth-order valence-corrected chi connectivity index (χ4v) is 1.88. The van der Waals surface area contributed by atoms with Crippen LogP contribution in [0.15, 0.2) is 6.07 Å². The molecule has 1 aromatic heterocycles. The number of alkyl halides is 2. The van der Waals surface area contributed by atoms with Crippen molar-refractivity contribution in [2.24, 2.45) is 0 Å². The summed E-state index contributed by atoms with van der Waals surface area (Å²) in [6.45, 7) is 1.55. The van der Waals surface area contributed by atoms with Crippen LogP contribution in [-0.4, -0.2) is 4.98 Å². The molecule has 2 nitrogen and oxygen atoms in total. The van der Waals surface area contributed by atoms with Crippen molar-refractivity contribution >= 4 is 22.6 Å². The molecule has 0 saturated carbocycles. The number of hydrogen-bond donors (Lipinski definition) is 0. The van der Waals surface area contributed by atoms with Crippen LogP contribution in [0.5, 0.6) is 0 Å². The van der Waals surface area contributed by atoms with Gasteiger partial charge in [-0.25, -0.2) is 13.8 Å². The highest BCUT2D eigenvalue weighted by Crippen LogP contribution is 2.26. The molecule has 1 heterocycles. The summed E-state index contributed by atoms with van der Waals surface area (Å²) in [7, 11) is 0. The Bertz CT molecular complexity index is 348. The lowest BCUT2D eigenvalue weighted by atomic mass is 10.1. The molecule has 0 aliphatic carbocycles. The molecule has 0 aromatic carbocycles. The Morgan fingerprint density at radius 1 is 1.62 bits per heavy atom. The molecule has 68 valence electrons. The first-order valence-corrected chi connectivity index (χ1v) is 4.49. The summed E-state index contributed by atoms with van der Waals surface area (Å²) < 4.78 is 25.0. The predicted molar refractivity (Wildman–Crippen MR) is 51.4 cm³/mol. The van der Waals surface area contributed by atoms with Gasteiger partial charge in [0.25, 0.3) is 6.43 Å². The second-order valence-corrected chi connectivity index (χ2v) is 3.46. The number of rotatable bonds is 1. The lowest BCUT2D eigenvalue weighted by molar-refractivity contribution is 0.149. The molecule has 13 heavy (non-hydrogen) atoms. The topological polar surface area (TPSA) is 36.7 Å². The van der Waals surface area contributed by atoms with Crippen molar-refractivity contribution in [3.8, 4) is 6.07 Å². The Hall–Kier alpha value is -0.770. The first-order chi connectivity index (χ1) is 6.06. The monoisotopic (exact) mass is 294 g/mol. The molecule has 0 spiro atoms. The van der Waals surface area contributed by atoms with Gasteiger partial charge in [-0.3, -0.25) is 0 Å². The van der Waals surface area contributed by atoms with E-state index in [1.807, 2.05) is 6.07 Å². The summed E-state index contributed by atoms with van der Waals surface area (Å²) in [6, 6.07) is 3.18. The first kappa shape index (κ1) is 10.3. The van der Waals surface area contributed by atoms with E-state index in [1.54, 1.807) is 29.5 Å². The van der Waals surface area contributed by atoms with Gasteiger partial charge in [-0.1, -0.05) is 0 Å². The van der Waals surface area contributed by atoms with Crippen LogP contribution >= 0.6 is 22.6 Å². The average Bonchev–Trinajstić information content (AvgIpc) is 2.02. The van der Waals surface area contributed by atoms with Gasteiger partial charge in [-0.2, -0.15) is 5.26 Å². The summed E-state index contributed by atoms with van der Waals surface area (Å²) in [4.78, 5) is 3.72. The standard InChI is InChI=1S/C8H5F2IN2/c1-4-2-5(3-12)13-8(11)6(4)7(9)10/h2,7H,1H3. The Labute approximate surface area is 87.7 Å². The number of pyridine rings is 1. The predicted octanol–water partition coefficient (Wildman–Crippen LogP) is 2.80. The third-order valence-electron chi connectivity index (χ3n) is 1.55. The lowest BCUT2D eigenvalue weighted by Crippen LogP contribution is -1.99. The highest BCUT2D eigenvalue weighted by molar-refractivity contribution is 14.1. The maximum atomic E-state index is 12.4. The molecule has 0 saturated heterocycles. The smallest absolute Gasteiger partial charge is 0.231 e. The van der Waals surface area contributed by atoms with Crippen molar-refractivity contribution in [1.29, 1.82) is 5.26 Å². The maximum absolute atomic E-state index is 12.4. The summed E-state index contributed by atoms with van der Waals surface area (Å²) in [5, 5.41) is 8.51. The zero-order chi connectivity index (χ0) is 10.0. The van der Waals surface area contributed by atoms with E-state index in [0.717, 1.165) is 0 Å². The number of nitrogens with zero attached hydrogens (tertiary/aromatic N) is 2. The quantitative estimate of drug-likeness (QED) is 0.590. The van der Waals surface area contributed by atoms with E-state index in [4.69, 9.17) is 5.26 Å². The van der Waals surface area contributed by atoms with E-state index in [1.165, 1.54) is 6.07 Å². The van der Waals surface area contributed by atoms with Gasteiger partial charge < -0.3 is 0 Å². The minimum Gasteiger partial charge on any atom is -0.231 e. The molecule has 1 aromatic rings. The molecule has 0 radical (unpaired) electrons. The molecule has 0 N–H and O–H groups in total. The molecule has 1 rings (SSSR count). The number of nitriles is 1.